The normalized spacial score (nSPS) is 24.4. The second-order valence-corrected chi connectivity index (χ2v) is 9.64. The van der Waals surface area contributed by atoms with Crippen molar-refractivity contribution in [1.29, 1.82) is 0 Å². The molecule has 1 amide bonds. The van der Waals surface area contributed by atoms with Gasteiger partial charge in [0.2, 0.25) is 0 Å². The minimum absolute atomic E-state index is 0.0956. The fourth-order valence-corrected chi connectivity index (χ4v) is 5.94. The molecule has 2 aromatic carbocycles. The van der Waals surface area contributed by atoms with E-state index >= 15 is 0 Å². The molecule has 1 aliphatic carbocycles. The molecule has 0 radical (unpaired) electrons. The van der Waals surface area contributed by atoms with Gasteiger partial charge in [0.25, 0.3) is 5.91 Å². The third kappa shape index (κ3) is 2.63. The SMILES string of the molecule is C[C@@H]1c2cc3nccnc3cc2C2CN(C(=O)c3ccc4nc[nH]c4c3)CC1C2(C)C. The molecule has 2 aromatic heterocycles. The second kappa shape index (κ2) is 6.36. The van der Waals surface area contributed by atoms with E-state index in [2.05, 4.69) is 57.7 Å². The molecule has 3 atom stereocenters. The van der Waals surface area contributed by atoms with Gasteiger partial charge in [-0.1, -0.05) is 20.8 Å². The first-order chi connectivity index (χ1) is 14.9. The second-order valence-electron chi connectivity index (χ2n) is 9.64. The molecule has 4 aromatic rings. The van der Waals surface area contributed by atoms with Gasteiger partial charge < -0.3 is 9.88 Å². The Labute approximate surface area is 180 Å². The molecule has 2 bridgehead atoms. The molecular formula is C25H25N5O. The van der Waals surface area contributed by atoms with E-state index in [9.17, 15) is 4.79 Å². The van der Waals surface area contributed by atoms with E-state index in [1.54, 1.807) is 18.7 Å². The van der Waals surface area contributed by atoms with Gasteiger partial charge in [0.05, 0.1) is 28.4 Å². The zero-order valence-electron chi connectivity index (χ0n) is 18.0. The summed E-state index contributed by atoms with van der Waals surface area (Å²) in [6, 6.07) is 10.2. The molecule has 31 heavy (non-hydrogen) atoms. The first-order valence-corrected chi connectivity index (χ1v) is 10.9. The Bertz CT molecular complexity index is 1340. The summed E-state index contributed by atoms with van der Waals surface area (Å²) < 4.78 is 0. The van der Waals surface area contributed by atoms with E-state index < -0.39 is 0 Å². The highest BCUT2D eigenvalue weighted by Gasteiger charge is 2.51. The van der Waals surface area contributed by atoms with Crippen LogP contribution in [0, 0.1) is 11.3 Å². The third-order valence-corrected chi connectivity index (χ3v) is 7.77. The molecule has 6 heteroatoms. The van der Waals surface area contributed by atoms with Crippen LogP contribution in [0.5, 0.6) is 0 Å². The Kier molecular flexibility index (Phi) is 3.79. The molecule has 6 nitrogen and oxygen atoms in total. The van der Waals surface area contributed by atoms with Gasteiger partial charge in [-0.3, -0.25) is 14.8 Å². The maximum absolute atomic E-state index is 13.5. The quantitative estimate of drug-likeness (QED) is 0.500. The summed E-state index contributed by atoms with van der Waals surface area (Å²) in [5.74, 6) is 1.09. The maximum Gasteiger partial charge on any atom is 0.253 e. The number of nitrogens with one attached hydrogen (secondary N) is 1. The van der Waals surface area contributed by atoms with Gasteiger partial charge in [0, 0.05) is 37.0 Å². The number of nitrogens with zero attached hydrogens (tertiary/aromatic N) is 4. The molecular weight excluding hydrogens is 386 g/mol. The fourth-order valence-electron chi connectivity index (χ4n) is 5.94. The summed E-state index contributed by atoms with van der Waals surface area (Å²) in [5.41, 5.74) is 7.16. The molecule has 1 N–H and O–H groups in total. The zero-order valence-corrected chi connectivity index (χ0v) is 18.0. The maximum atomic E-state index is 13.5. The largest absolute Gasteiger partial charge is 0.345 e. The lowest BCUT2D eigenvalue weighted by Crippen LogP contribution is -2.55. The van der Waals surface area contributed by atoms with Gasteiger partial charge in [-0.15, -0.1) is 0 Å². The van der Waals surface area contributed by atoms with Gasteiger partial charge in [0.15, 0.2) is 0 Å². The predicted molar refractivity (Wildman–Crippen MR) is 120 cm³/mol. The molecule has 6 rings (SSSR count). The number of fused-ring (bicyclic) bond motifs is 6. The number of hydrogen-bond acceptors (Lipinski definition) is 4. The van der Waals surface area contributed by atoms with E-state index in [0.717, 1.165) is 35.2 Å². The Morgan fingerprint density at radius 2 is 1.74 bits per heavy atom. The summed E-state index contributed by atoms with van der Waals surface area (Å²) in [4.78, 5) is 32.0. The molecule has 3 heterocycles. The predicted octanol–water partition coefficient (Wildman–Crippen LogP) is 4.51. The molecule has 1 aliphatic heterocycles. The number of amides is 1. The van der Waals surface area contributed by atoms with E-state index in [4.69, 9.17) is 0 Å². The van der Waals surface area contributed by atoms with Crippen LogP contribution in [-0.4, -0.2) is 43.8 Å². The summed E-state index contributed by atoms with van der Waals surface area (Å²) >= 11 is 0. The number of aromatic amines is 1. The highest BCUT2D eigenvalue weighted by molar-refractivity contribution is 5.97. The third-order valence-electron chi connectivity index (χ3n) is 7.77. The van der Waals surface area contributed by atoms with Crippen LogP contribution in [-0.2, 0) is 0 Å². The minimum atomic E-state index is 0.0956. The minimum Gasteiger partial charge on any atom is -0.345 e. The van der Waals surface area contributed by atoms with Crippen LogP contribution >= 0.6 is 0 Å². The highest BCUT2D eigenvalue weighted by Crippen LogP contribution is 2.57. The van der Waals surface area contributed by atoms with Crippen molar-refractivity contribution in [2.75, 3.05) is 13.1 Å². The van der Waals surface area contributed by atoms with Gasteiger partial charge in [0.1, 0.15) is 0 Å². The lowest BCUT2D eigenvalue weighted by molar-refractivity contribution is 0.0120. The van der Waals surface area contributed by atoms with Gasteiger partial charge >= 0.3 is 0 Å². The smallest absolute Gasteiger partial charge is 0.253 e. The number of likely N-dealkylation sites (tertiary alicyclic amines) is 1. The number of carbonyl (C=O) groups excluding carboxylic acids is 1. The van der Waals surface area contributed by atoms with E-state index in [1.807, 2.05) is 18.2 Å². The first kappa shape index (κ1) is 18.5. The van der Waals surface area contributed by atoms with Crippen molar-refractivity contribution in [2.45, 2.75) is 32.6 Å². The number of piperidine rings is 1. The highest BCUT2D eigenvalue weighted by atomic mass is 16.2. The molecule has 1 fully saturated rings. The van der Waals surface area contributed by atoms with Gasteiger partial charge in [-0.2, -0.15) is 0 Å². The number of hydrogen-bond donors (Lipinski definition) is 1. The Hall–Kier alpha value is -3.28. The van der Waals surface area contributed by atoms with Crippen LogP contribution in [0.2, 0.25) is 0 Å². The zero-order chi connectivity index (χ0) is 21.3. The topological polar surface area (TPSA) is 74.8 Å². The van der Waals surface area contributed by atoms with Crippen LogP contribution in [0.15, 0.2) is 49.1 Å². The van der Waals surface area contributed by atoms with Crippen LogP contribution in [0.25, 0.3) is 22.1 Å². The lowest BCUT2D eigenvalue weighted by atomic mass is 9.54. The van der Waals surface area contributed by atoms with Crippen molar-refractivity contribution >= 4 is 28.0 Å². The standard InChI is InChI=1S/C25H25N5O/c1-14-16-9-22-23(27-7-6-26-22)10-17(16)19-12-30(11-18(14)25(19,2)3)24(31)15-4-5-20-21(8-15)29-13-28-20/h4-10,13-14,18-19H,11-12H2,1-3H3,(H,28,29)/t14-,18?,19?/m1/s1. The number of imidazole rings is 1. The number of rotatable bonds is 1. The monoisotopic (exact) mass is 411 g/mol. The molecule has 0 saturated carbocycles. The van der Waals surface area contributed by atoms with E-state index in [-0.39, 0.29) is 17.2 Å². The van der Waals surface area contributed by atoms with Crippen LogP contribution < -0.4 is 0 Å². The van der Waals surface area contributed by atoms with Crippen molar-refractivity contribution in [3.63, 3.8) is 0 Å². The van der Waals surface area contributed by atoms with Crippen molar-refractivity contribution in [1.82, 2.24) is 24.8 Å². The number of carbonyl (C=O) groups is 1. The number of aromatic nitrogens is 4. The summed E-state index contributed by atoms with van der Waals surface area (Å²) in [6.07, 6.45) is 5.17. The molecule has 2 aliphatic rings. The van der Waals surface area contributed by atoms with Crippen molar-refractivity contribution in [3.8, 4) is 0 Å². The summed E-state index contributed by atoms with van der Waals surface area (Å²) in [6.45, 7) is 8.51. The van der Waals surface area contributed by atoms with Gasteiger partial charge in [-0.05, 0) is 58.7 Å². The molecule has 0 spiro atoms. The Morgan fingerprint density at radius 1 is 1.00 bits per heavy atom. The fraction of sp³-hybridized carbons (Fsp3) is 0.360. The molecule has 1 saturated heterocycles. The van der Waals surface area contributed by atoms with Crippen LogP contribution in [0.1, 0.15) is 54.1 Å². The first-order valence-electron chi connectivity index (χ1n) is 10.9. The van der Waals surface area contributed by atoms with E-state index in [0.29, 0.717) is 17.4 Å². The average Bonchev–Trinajstić information content (AvgIpc) is 3.24. The summed E-state index contributed by atoms with van der Waals surface area (Å²) in [7, 11) is 0. The Morgan fingerprint density at radius 3 is 2.52 bits per heavy atom. The van der Waals surface area contributed by atoms with Crippen molar-refractivity contribution in [3.05, 3.63) is 65.7 Å². The number of H-pyrrole nitrogens is 1. The lowest BCUT2D eigenvalue weighted by Gasteiger charge is -2.56. The average molecular weight is 412 g/mol. The molecule has 156 valence electrons. The summed E-state index contributed by atoms with van der Waals surface area (Å²) in [5, 5.41) is 0. The van der Waals surface area contributed by atoms with E-state index in [1.165, 1.54) is 11.1 Å². The molecule has 2 unspecified atom stereocenters. The number of benzene rings is 2. The van der Waals surface area contributed by atoms with Crippen LogP contribution in [0.3, 0.4) is 0 Å². The van der Waals surface area contributed by atoms with Crippen molar-refractivity contribution in [2.24, 2.45) is 11.3 Å². The van der Waals surface area contributed by atoms with Crippen LogP contribution in [0.4, 0.5) is 0 Å². The Balaban J connectivity index is 1.42. The van der Waals surface area contributed by atoms with Gasteiger partial charge in [-0.25, -0.2) is 4.98 Å². The van der Waals surface area contributed by atoms with Crippen molar-refractivity contribution < 1.29 is 4.79 Å².